The van der Waals surface area contributed by atoms with E-state index in [9.17, 15) is 18.1 Å². The molecule has 0 saturated carbocycles. The Labute approximate surface area is 183 Å². The van der Waals surface area contributed by atoms with Gasteiger partial charge in [0, 0.05) is 0 Å². The van der Waals surface area contributed by atoms with Crippen LogP contribution in [-0.2, 0) is 16.5 Å². The van der Waals surface area contributed by atoms with E-state index in [0.717, 1.165) is 19.3 Å². The van der Waals surface area contributed by atoms with Gasteiger partial charge in [-0.1, -0.05) is 63.0 Å². The molecule has 0 heterocycles. The Kier molecular flexibility index (Phi) is 10.4. The van der Waals surface area contributed by atoms with E-state index in [-0.39, 0.29) is 46.0 Å². The molecule has 0 atom stereocenters. The fraction of sp³-hybridized carbons (Fsp3) is 0.400. The summed E-state index contributed by atoms with van der Waals surface area (Å²) in [5.74, 6) is 0.308. The maximum absolute atomic E-state index is 11.8. The Morgan fingerprint density at radius 1 is 1.00 bits per heavy atom. The van der Waals surface area contributed by atoms with Gasteiger partial charge in [0.15, 0.2) is 0 Å². The molecule has 5 nitrogen and oxygen atoms in total. The molecule has 1 N–H and O–H groups in total. The molecule has 0 saturated heterocycles. The van der Waals surface area contributed by atoms with E-state index in [1.165, 1.54) is 37.5 Å². The molecule has 2 aromatic carbocycles. The number of hydrogen-bond donors (Lipinski definition) is 1. The van der Waals surface area contributed by atoms with E-state index < -0.39 is 10.1 Å². The zero-order chi connectivity index (χ0) is 19.0. The van der Waals surface area contributed by atoms with Gasteiger partial charge >= 0.3 is 29.6 Å². The molecular formula is C20H25NaO5S. The predicted octanol–water partition coefficient (Wildman–Crippen LogP) is 1.71. The number of para-hydroxylation sites is 2. The molecule has 0 radical (unpaired) electrons. The second-order valence-electron chi connectivity index (χ2n) is 6.31. The summed E-state index contributed by atoms with van der Waals surface area (Å²) < 4.78 is 38.3. The maximum atomic E-state index is 11.8. The van der Waals surface area contributed by atoms with Crippen molar-refractivity contribution in [1.82, 2.24) is 0 Å². The SMILES string of the molecule is CCCCCCCCc1cc(Oc2ccccc2[O-])ccc1S(=O)(=O)O.[Na+]. The zero-order valence-corrected chi connectivity index (χ0v) is 18.8. The molecule has 0 aliphatic rings. The van der Waals surface area contributed by atoms with Crippen LogP contribution in [0.1, 0.15) is 51.0 Å². The smallest absolute Gasteiger partial charge is 0.870 e. The molecule has 0 amide bonds. The first-order valence-corrected chi connectivity index (χ1v) is 10.4. The van der Waals surface area contributed by atoms with Crippen LogP contribution in [0.15, 0.2) is 47.4 Å². The molecule has 0 bridgehead atoms. The van der Waals surface area contributed by atoms with Gasteiger partial charge in [-0.25, -0.2) is 0 Å². The maximum Gasteiger partial charge on any atom is 1.00 e. The minimum atomic E-state index is -4.30. The van der Waals surface area contributed by atoms with Crippen molar-refractivity contribution in [2.24, 2.45) is 0 Å². The van der Waals surface area contributed by atoms with Crippen molar-refractivity contribution in [3.8, 4) is 17.2 Å². The van der Waals surface area contributed by atoms with Crippen LogP contribution in [-0.4, -0.2) is 13.0 Å². The number of aryl methyl sites for hydroxylation is 1. The molecule has 2 aromatic rings. The Morgan fingerprint density at radius 3 is 2.33 bits per heavy atom. The largest absolute Gasteiger partial charge is 1.00 e. The van der Waals surface area contributed by atoms with Crippen LogP contribution in [0.3, 0.4) is 0 Å². The van der Waals surface area contributed by atoms with Crippen molar-refractivity contribution in [3.63, 3.8) is 0 Å². The van der Waals surface area contributed by atoms with Gasteiger partial charge < -0.3 is 9.84 Å². The van der Waals surface area contributed by atoms with Crippen LogP contribution in [0.25, 0.3) is 0 Å². The van der Waals surface area contributed by atoms with Crippen molar-refractivity contribution >= 4 is 10.1 Å². The summed E-state index contributed by atoms with van der Waals surface area (Å²) in [6.45, 7) is 2.16. The molecule has 0 spiro atoms. The van der Waals surface area contributed by atoms with E-state index in [2.05, 4.69) is 6.92 Å². The molecule has 27 heavy (non-hydrogen) atoms. The van der Waals surface area contributed by atoms with Crippen molar-refractivity contribution in [2.75, 3.05) is 0 Å². The molecule has 2 rings (SSSR count). The molecule has 0 aliphatic heterocycles. The van der Waals surface area contributed by atoms with Crippen LogP contribution in [0.2, 0.25) is 0 Å². The second kappa shape index (κ2) is 11.7. The first kappa shape index (κ1) is 24.0. The normalized spacial score (nSPS) is 11.0. The third-order valence-corrected chi connectivity index (χ3v) is 5.14. The Bertz CT molecular complexity index is 821. The number of ether oxygens (including phenoxy) is 1. The van der Waals surface area contributed by atoms with Gasteiger partial charge in [0.25, 0.3) is 10.1 Å². The summed E-state index contributed by atoms with van der Waals surface area (Å²) in [6, 6.07) is 10.6. The van der Waals surface area contributed by atoms with Crippen LogP contribution in [0.4, 0.5) is 0 Å². The third-order valence-electron chi connectivity index (χ3n) is 4.19. The van der Waals surface area contributed by atoms with E-state index in [0.29, 0.717) is 17.7 Å². The first-order chi connectivity index (χ1) is 12.4. The Hall–Kier alpha value is -1.05. The fourth-order valence-electron chi connectivity index (χ4n) is 2.82. The molecular weight excluding hydrogens is 375 g/mol. The average Bonchev–Trinajstić information content (AvgIpc) is 2.59. The zero-order valence-electron chi connectivity index (χ0n) is 16.0. The van der Waals surface area contributed by atoms with Crippen molar-refractivity contribution in [2.45, 2.75) is 56.8 Å². The van der Waals surface area contributed by atoms with Crippen LogP contribution < -0.4 is 39.4 Å². The third kappa shape index (κ3) is 7.84. The van der Waals surface area contributed by atoms with E-state index in [1.54, 1.807) is 24.3 Å². The fourth-order valence-corrected chi connectivity index (χ4v) is 3.56. The van der Waals surface area contributed by atoms with Gasteiger partial charge in [0.2, 0.25) is 0 Å². The van der Waals surface area contributed by atoms with Gasteiger partial charge in [-0.3, -0.25) is 4.55 Å². The minimum absolute atomic E-state index is 0. The summed E-state index contributed by atoms with van der Waals surface area (Å²) in [5.41, 5.74) is 0.504. The topological polar surface area (TPSA) is 86.7 Å². The summed E-state index contributed by atoms with van der Waals surface area (Å²) >= 11 is 0. The number of benzene rings is 2. The van der Waals surface area contributed by atoms with E-state index in [4.69, 9.17) is 4.74 Å². The minimum Gasteiger partial charge on any atom is -0.870 e. The Balaban J connectivity index is 0.00000364. The number of rotatable bonds is 10. The number of unbranched alkanes of at least 4 members (excludes halogenated alkanes) is 5. The summed E-state index contributed by atoms with van der Waals surface area (Å²) in [4.78, 5) is -0.103. The quantitative estimate of drug-likeness (QED) is 0.373. The predicted molar refractivity (Wildman–Crippen MR) is 99.3 cm³/mol. The molecule has 0 aromatic heterocycles. The molecule has 0 aliphatic carbocycles. The summed E-state index contributed by atoms with van der Waals surface area (Å²) in [5, 5.41) is 11.8. The first-order valence-electron chi connectivity index (χ1n) is 8.96. The van der Waals surface area contributed by atoms with Crippen LogP contribution >= 0.6 is 0 Å². The van der Waals surface area contributed by atoms with Crippen LogP contribution in [0, 0.1) is 0 Å². The van der Waals surface area contributed by atoms with Crippen LogP contribution in [0.5, 0.6) is 17.2 Å². The van der Waals surface area contributed by atoms with Crippen molar-refractivity contribution < 1.29 is 52.4 Å². The molecule has 7 heteroatoms. The monoisotopic (exact) mass is 400 g/mol. The van der Waals surface area contributed by atoms with Gasteiger partial charge in [-0.05, 0) is 42.7 Å². The average molecular weight is 400 g/mol. The van der Waals surface area contributed by atoms with E-state index in [1.807, 2.05) is 0 Å². The van der Waals surface area contributed by atoms with Gasteiger partial charge in [-0.2, -0.15) is 8.42 Å². The van der Waals surface area contributed by atoms with Crippen molar-refractivity contribution in [3.05, 3.63) is 48.0 Å². The number of hydrogen-bond acceptors (Lipinski definition) is 4. The van der Waals surface area contributed by atoms with Gasteiger partial charge in [0.05, 0.1) is 4.90 Å². The molecule has 0 unspecified atom stereocenters. The van der Waals surface area contributed by atoms with E-state index >= 15 is 0 Å². The molecule has 0 fully saturated rings. The standard InChI is InChI=1S/C20H26O5S.Na/c1-2-3-4-5-6-7-10-16-15-17(13-14-20(16)26(22,23)24)25-19-12-9-8-11-18(19)21;/h8-9,11-15,21H,2-7,10H2,1H3,(H,22,23,24);/q;+1/p-1. The summed E-state index contributed by atoms with van der Waals surface area (Å²) in [7, 11) is -4.30. The second-order valence-corrected chi connectivity index (χ2v) is 7.70. The van der Waals surface area contributed by atoms with Gasteiger partial charge in [-0.15, -0.1) is 0 Å². The van der Waals surface area contributed by atoms with Gasteiger partial charge in [0.1, 0.15) is 11.5 Å². The Morgan fingerprint density at radius 2 is 1.67 bits per heavy atom. The van der Waals surface area contributed by atoms with Crippen molar-refractivity contribution in [1.29, 1.82) is 0 Å². The summed E-state index contributed by atoms with van der Waals surface area (Å²) in [6.07, 6.45) is 7.01. The molecule has 142 valence electrons.